The molecule has 0 radical (unpaired) electrons. The van der Waals surface area contributed by atoms with E-state index in [1.54, 1.807) is 0 Å². The van der Waals surface area contributed by atoms with Crippen LogP contribution in [0.1, 0.15) is 17.5 Å². The monoisotopic (exact) mass is 255 g/mol. The standard InChI is InChI=1S/C10H10BrNS/c11-10-6-8(2-1-5-12)3-4-9(10)7-13/h3-4,6,13H,1-2,7H2. The molecule has 3 heteroatoms. The molecule has 1 rings (SSSR count). The highest BCUT2D eigenvalue weighted by Crippen LogP contribution is 2.20. The molecule has 1 aromatic carbocycles. The fraction of sp³-hybridized carbons (Fsp3) is 0.300. The lowest BCUT2D eigenvalue weighted by atomic mass is 10.1. The second-order valence-electron chi connectivity index (χ2n) is 2.74. The van der Waals surface area contributed by atoms with Crippen molar-refractivity contribution in [2.75, 3.05) is 0 Å². The van der Waals surface area contributed by atoms with Crippen molar-refractivity contribution in [2.45, 2.75) is 18.6 Å². The molecule has 0 N–H and O–H groups in total. The van der Waals surface area contributed by atoms with Crippen molar-refractivity contribution in [3.8, 4) is 6.07 Å². The molecule has 0 fully saturated rings. The van der Waals surface area contributed by atoms with Gasteiger partial charge in [-0.25, -0.2) is 0 Å². The van der Waals surface area contributed by atoms with Gasteiger partial charge in [-0.2, -0.15) is 17.9 Å². The molecule has 0 aromatic heterocycles. The van der Waals surface area contributed by atoms with Gasteiger partial charge in [0, 0.05) is 16.6 Å². The van der Waals surface area contributed by atoms with Crippen molar-refractivity contribution in [3.63, 3.8) is 0 Å². The lowest BCUT2D eigenvalue weighted by molar-refractivity contribution is 1.01. The average Bonchev–Trinajstić information content (AvgIpc) is 2.15. The minimum atomic E-state index is 0.576. The lowest BCUT2D eigenvalue weighted by Gasteiger charge is -2.03. The predicted molar refractivity (Wildman–Crippen MR) is 60.8 cm³/mol. The minimum absolute atomic E-state index is 0.576. The van der Waals surface area contributed by atoms with Gasteiger partial charge in [-0.05, 0) is 23.6 Å². The summed E-state index contributed by atoms with van der Waals surface area (Å²) in [5, 5.41) is 8.42. The molecule has 0 amide bonds. The Morgan fingerprint density at radius 1 is 1.46 bits per heavy atom. The Balaban J connectivity index is 2.78. The first-order chi connectivity index (χ1) is 6.27. The first kappa shape index (κ1) is 10.6. The van der Waals surface area contributed by atoms with Crippen LogP contribution in [0.3, 0.4) is 0 Å². The van der Waals surface area contributed by atoms with Crippen LogP contribution in [0, 0.1) is 11.3 Å². The molecule has 13 heavy (non-hydrogen) atoms. The number of aryl methyl sites for hydroxylation is 1. The van der Waals surface area contributed by atoms with Gasteiger partial charge in [0.05, 0.1) is 6.07 Å². The largest absolute Gasteiger partial charge is 0.198 e. The van der Waals surface area contributed by atoms with Crippen LogP contribution >= 0.6 is 28.6 Å². The van der Waals surface area contributed by atoms with E-state index >= 15 is 0 Å². The number of rotatable bonds is 3. The van der Waals surface area contributed by atoms with E-state index < -0.39 is 0 Å². The molecule has 1 aromatic rings. The number of benzene rings is 1. The van der Waals surface area contributed by atoms with Crippen LogP contribution in [0.15, 0.2) is 22.7 Å². The number of halogens is 1. The molecule has 0 unspecified atom stereocenters. The second kappa shape index (κ2) is 5.31. The van der Waals surface area contributed by atoms with Gasteiger partial charge in [-0.1, -0.05) is 28.1 Å². The third-order valence-corrected chi connectivity index (χ3v) is 2.89. The second-order valence-corrected chi connectivity index (χ2v) is 3.91. The number of hydrogen-bond acceptors (Lipinski definition) is 2. The maximum absolute atomic E-state index is 8.42. The maximum Gasteiger partial charge on any atom is 0.0625 e. The zero-order chi connectivity index (χ0) is 9.68. The molecule has 0 spiro atoms. The summed E-state index contributed by atoms with van der Waals surface area (Å²) in [4.78, 5) is 0. The maximum atomic E-state index is 8.42. The van der Waals surface area contributed by atoms with Crippen LogP contribution in [-0.4, -0.2) is 0 Å². The highest BCUT2D eigenvalue weighted by Gasteiger charge is 1.99. The van der Waals surface area contributed by atoms with Gasteiger partial charge in [-0.15, -0.1) is 0 Å². The molecule has 0 atom stereocenters. The molecule has 0 saturated carbocycles. The predicted octanol–water partition coefficient (Wildman–Crippen LogP) is 3.34. The molecular weight excluding hydrogens is 246 g/mol. The third kappa shape index (κ3) is 3.06. The first-order valence-corrected chi connectivity index (χ1v) is 5.45. The molecule has 0 saturated heterocycles. The summed E-state index contributed by atoms with van der Waals surface area (Å²) in [7, 11) is 0. The van der Waals surface area contributed by atoms with E-state index in [9.17, 15) is 0 Å². The Morgan fingerprint density at radius 3 is 2.77 bits per heavy atom. The van der Waals surface area contributed by atoms with Crippen molar-refractivity contribution in [1.29, 1.82) is 5.26 Å². The zero-order valence-corrected chi connectivity index (χ0v) is 9.61. The van der Waals surface area contributed by atoms with Crippen LogP contribution in [0.2, 0.25) is 0 Å². The van der Waals surface area contributed by atoms with Gasteiger partial charge in [0.25, 0.3) is 0 Å². The average molecular weight is 256 g/mol. The molecule has 1 nitrogen and oxygen atoms in total. The molecule has 0 aliphatic carbocycles. The Hall–Kier alpha value is -0.460. The van der Waals surface area contributed by atoms with Crippen molar-refractivity contribution in [3.05, 3.63) is 33.8 Å². The summed E-state index contributed by atoms with van der Waals surface area (Å²) >= 11 is 7.67. The normalized spacial score (nSPS) is 9.62. The van der Waals surface area contributed by atoms with Crippen LogP contribution < -0.4 is 0 Å². The molecule has 68 valence electrons. The summed E-state index contributed by atoms with van der Waals surface area (Å²) in [5.74, 6) is 0.735. The van der Waals surface area contributed by atoms with Gasteiger partial charge >= 0.3 is 0 Å². The zero-order valence-electron chi connectivity index (χ0n) is 7.13. The SMILES string of the molecule is N#CCCc1ccc(CS)c(Br)c1. The van der Waals surface area contributed by atoms with Crippen LogP contribution in [0.25, 0.3) is 0 Å². The van der Waals surface area contributed by atoms with E-state index in [0.717, 1.165) is 16.6 Å². The summed E-state index contributed by atoms with van der Waals surface area (Å²) in [5.41, 5.74) is 2.38. The Labute approximate surface area is 92.3 Å². The van der Waals surface area contributed by atoms with Crippen LogP contribution in [0.4, 0.5) is 0 Å². The van der Waals surface area contributed by atoms with Gasteiger partial charge in [0.2, 0.25) is 0 Å². The number of thiol groups is 1. The number of nitriles is 1. The lowest BCUT2D eigenvalue weighted by Crippen LogP contribution is -1.87. The fourth-order valence-electron chi connectivity index (χ4n) is 1.07. The molecule has 0 bridgehead atoms. The van der Waals surface area contributed by atoms with E-state index in [-0.39, 0.29) is 0 Å². The van der Waals surface area contributed by atoms with Crippen LogP contribution in [-0.2, 0) is 12.2 Å². The highest BCUT2D eigenvalue weighted by atomic mass is 79.9. The Kier molecular flexibility index (Phi) is 4.34. The summed E-state index contributed by atoms with van der Waals surface area (Å²) < 4.78 is 1.08. The van der Waals surface area contributed by atoms with Crippen molar-refractivity contribution in [1.82, 2.24) is 0 Å². The Bertz CT molecular complexity index is 330. The van der Waals surface area contributed by atoms with Crippen molar-refractivity contribution >= 4 is 28.6 Å². The van der Waals surface area contributed by atoms with Crippen molar-refractivity contribution < 1.29 is 0 Å². The summed E-state index contributed by atoms with van der Waals surface area (Å²) in [6.07, 6.45) is 1.40. The quantitative estimate of drug-likeness (QED) is 0.824. The third-order valence-electron chi connectivity index (χ3n) is 1.81. The molecular formula is C10H10BrNS. The molecule has 0 aliphatic heterocycles. The van der Waals surface area contributed by atoms with Gasteiger partial charge < -0.3 is 0 Å². The molecule has 0 heterocycles. The van der Waals surface area contributed by atoms with E-state index in [1.165, 1.54) is 11.1 Å². The van der Waals surface area contributed by atoms with Gasteiger partial charge in [0.15, 0.2) is 0 Å². The van der Waals surface area contributed by atoms with Gasteiger partial charge in [0.1, 0.15) is 0 Å². The van der Waals surface area contributed by atoms with Gasteiger partial charge in [-0.3, -0.25) is 0 Å². The van der Waals surface area contributed by atoms with Crippen molar-refractivity contribution in [2.24, 2.45) is 0 Å². The summed E-state index contributed by atoms with van der Waals surface area (Å²) in [6, 6.07) is 8.29. The topological polar surface area (TPSA) is 23.8 Å². The van der Waals surface area contributed by atoms with E-state index in [4.69, 9.17) is 5.26 Å². The summed E-state index contributed by atoms with van der Waals surface area (Å²) in [6.45, 7) is 0. The first-order valence-electron chi connectivity index (χ1n) is 4.03. The highest BCUT2D eigenvalue weighted by molar-refractivity contribution is 9.10. The van der Waals surface area contributed by atoms with E-state index in [1.807, 2.05) is 12.1 Å². The Morgan fingerprint density at radius 2 is 2.23 bits per heavy atom. The fourth-order valence-corrected chi connectivity index (χ4v) is 2.13. The number of hydrogen-bond donors (Lipinski definition) is 1. The van der Waals surface area contributed by atoms with E-state index in [2.05, 4.69) is 40.7 Å². The molecule has 0 aliphatic rings. The number of nitrogens with zero attached hydrogens (tertiary/aromatic N) is 1. The van der Waals surface area contributed by atoms with Crippen LogP contribution in [0.5, 0.6) is 0 Å². The van der Waals surface area contributed by atoms with E-state index in [0.29, 0.717) is 6.42 Å². The minimum Gasteiger partial charge on any atom is -0.198 e. The smallest absolute Gasteiger partial charge is 0.0625 e.